The number of esters is 1. The summed E-state index contributed by atoms with van der Waals surface area (Å²) in [4.78, 5) is 23.3. The van der Waals surface area contributed by atoms with Crippen molar-refractivity contribution in [2.24, 2.45) is 0 Å². The summed E-state index contributed by atoms with van der Waals surface area (Å²) < 4.78 is 44.2. The molecule has 0 atom stereocenters. The number of hydrogen-bond acceptors (Lipinski definition) is 4. The van der Waals surface area contributed by atoms with E-state index in [-0.39, 0.29) is 13.2 Å². The molecule has 132 valence electrons. The number of carbonyl (C=O) groups excluding carboxylic acids is 2. The minimum Gasteiger partial charge on any atom is -0.462 e. The second-order valence-electron chi connectivity index (χ2n) is 4.92. The number of nitrogens with one attached hydrogen (secondary N) is 2. The van der Waals surface area contributed by atoms with Crippen molar-refractivity contribution in [2.75, 3.05) is 23.8 Å². The van der Waals surface area contributed by atoms with E-state index in [1.165, 1.54) is 12.1 Å². The van der Waals surface area contributed by atoms with Crippen molar-refractivity contribution in [3.05, 3.63) is 59.4 Å². The average Bonchev–Trinajstić information content (AvgIpc) is 2.61. The molecule has 25 heavy (non-hydrogen) atoms. The van der Waals surface area contributed by atoms with Gasteiger partial charge in [-0.3, -0.25) is 4.79 Å². The highest BCUT2D eigenvalue weighted by Crippen LogP contribution is 2.19. The molecule has 0 aliphatic heterocycles. The zero-order chi connectivity index (χ0) is 18.4. The van der Waals surface area contributed by atoms with Gasteiger partial charge in [0.2, 0.25) is 5.91 Å². The Balaban J connectivity index is 1.92. The van der Waals surface area contributed by atoms with Crippen LogP contribution >= 0.6 is 0 Å². The molecular weight excluding hydrogens is 337 g/mol. The zero-order valence-corrected chi connectivity index (χ0v) is 13.2. The standard InChI is InChI=1S/C17H15F3N2O3/c1-2-25-17(24)10-3-5-11(6-4-10)21-9-14(23)22-13-8-7-12(18)15(19)16(13)20/h3-8,21H,2,9H2,1H3,(H,22,23). The number of halogens is 3. The number of hydrogen-bond donors (Lipinski definition) is 2. The number of amides is 1. The van der Waals surface area contributed by atoms with E-state index >= 15 is 0 Å². The lowest BCUT2D eigenvalue weighted by Crippen LogP contribution is -2.22. The highest BCUT2D eigenvalue weighted by molar-refractivity contribution is 5.94. The van der Waals surface area contributed by atoms with Gasteiger partial charge in [-0.25, -0.2) is 18.0 Å². The minimum atomic E-state index is -1.65. The average molecular weight is 352 g/mol. The molecule has 0 radical (unpaired) electrons. The molecule has 8 heteroatoms. The summed E-state index contributed by atoms with van der Waals surface area (Å²) in [6.45, 7) is 1.72. The molecule has 0 saturated carbocycles. The maximum atomic E-state index is 13.5. The van der Waals surface area contributed by atoms with Gasteiger partial charge in [0.05, 0.1) is 24.4 Å². The van der Waals surface area contributed by atoms with Crippen LogP contribution in [0, 0.1) is 17.5 Å². The molecule has 1 amide bonds. The van der Waals surface area contributed by atoms with E-state index in [0.717, 1.165) is 12.1 Å². The van der Waals surface area contributed by atoms with Gasteiger partial charge in [0.25, 0.3) is 0 Å². The first kappa shape index (κ1) is 18.3. The van der Waals surface area contributed by atoms with Gasteiger partial charge in [0, 0.05) is 5.69 Å². The molecule has 0 aliphatic rings. The van der Waals surface area contributed by atoms with Gasteiger partial charge in [-0.2, -0.15) is 0 Å². The number of carbonyl (C=O) groups is 2. The second kappa shape index (κ2) is 8.18. The monoisotopic (exact) mass is 352 g/mol. The highest BCUT2D eigenvalue weighted by Gasteiger charge is 2.15. The summed E-state index contributed by atoms with van der Waals surface area (Å²) in [7, 11) is 0. The Kier molecular flexibility index (Phi) is 5.99. The molecule has 5 nitrogen and oxygen atoms in total. The molecule has 0 heterocycles. The van der Waals surface area contributed by atoms with E-state index in [2.05, 4.69) is 10.6 Å². The summed E-state index contributed by atoms with van der Waals surface area (Å²) in [6, 6.07) is 7.82. The molecule has 0 aromatic heterocycles. The van der Waals surface area contributed by atoms with E-state index in [0.29, 0.717) is 11.3 Å². The number of benzene rings is 2. The van der Waals surface area contributed by atoms with Crippen molar-refractivity contribution in [1.29, 1.82) is 0 Å². The topological polar surface area (TPSA) is 67.4 Å². The van der Waals surface area contributed by atoms with Gasteiger partial charge in [-0.15, -0.1) is 0 Å². The fourth-order valence-corrected chi connectivity index (χ4v) is 1.94. The highest BCUT2D eigenvalue weighted by atomic mass is 19.2. The molecular formula is C17H15F3N2O3. The van der Waals surface area contributed by atoms with E-state index in [1.54, 1.807) is 19.1 Å². The van der Waals surface area contributed by atoms with Crippen molar-refractivity contribution in [3.8, 4) is 0 Å². The summed E-state index contributed by atoms with van der Waals surface area (Å²) in [5.74, 6) is -5.57. The molecule has 2 aromatic carbocycles. The predicted octanol–water partition coefficient (Wildman–Crippen LogP) is 3.33. The number of anilines is 2. The van der Waals surface area contributed by atoms with Crippen LogP contribution in [0.3, 0.4) is 0 Å². The largest absolute Gasteiger partial charge is 0.462 e. The molecule has 0 bridgehead atoms. The van der Waals surface area contributed by atoms with Crippen LogP contribution in [0.25, 0.3) is 0 Å². The summed E-state index contributed by atoms with van der Waals surface area (Å²) in [5.41, 5.74) is 0.443. The van der Waals surface area contributed by atoms with Crippen molar-refractivity contribution in [3.63, 3.8) is 0 Å². The Hall–Kier alpha value is -3.03. The van der Waals surface area contributed by atoms with Gasteiger partial charge >= 0.3 is 5.97 Å². The van der Waals surface area contributed by atoms with Gasteiger partial charge in [0.15, 0.2) is 17.5 Å². The van der Waals surface area contributed by atoms with Crippen LogP contribution in [-0.2, 0) is 9.53 Å². The van der Waals surface area contributed by atoms with Crippen LogP contribution < -0.4 is 10.6 Å². The van der Waals surface area contributed by atoms with Crippen LogP contribution in [0.4, 0.5) is 24.5 Å². The van der Waals surface area contributed by atoms with Crippen molar-refractivity contribution >= 4 is 23.3 Å². The maximum Gasteiger partial charge on any atom is 0.338 e. The summed E-state index contributed by atoms with van der Waals surface area (Å²) in [5, 5.41) is 4.89. The Morgan fingerprint density at radius 1 is 1.00 bits per heavy atom. The molecule has 0 saturated heterocycles. The first-order valence-electron chi connectivity index (χ1n) is 7.36. The lowest BCUT2D eigenvalue weighted by atomic mass is 10.2. The van der Waals surface area contributed by atoms with Crippen molar-refractivity contribution in [1.82, 2.24) is 0 Å². The third kappa shape index (κ3) is 4.72. The van der Waals surface area contributed by atoms with Crippen LogP contribution in [0.5, 0.6) is 0 Å². The lowest BCUT2D eigenvalue weighted by molar-refractivity contribution is -0.114. The molecule has 0 spiro atoms. The Morgan fingerprint density at radius 2 is 1.68 bits per heavy atom. The fourth-order valence-electron chi connectivity index (χ4n) is 1.94. The Bertz CT molecular complexity index is 779. The smallest absolute Gasteiger partial charge is 0.338 e. The van der Waals surface area contributed by atoms with Gasteiger partial charge in [0.1, 0.15) is 0 Å². The van der Waals surface area contributed by atoms with Crippen molar-refractivity contribution < 1.29 is 27.5 Å². The van der Waals surface area contributed by atoms with E-state index in [1.807, 2.05) is 0 Å². The lowest BCUT2D eigenvalue weighted by Gasteiger charge is -2.09. The van der Waals surface area contributed by atoms with Crippen LogP contribution in [0.15, 0.2) is 36.4 Å². The predicted molar refractivity (Wildman–Crippen MR) is 85.8 cm³/mol. The number of ether oxygens (including phenoxy) is 1. The molecule has 2 aromatic rings. The normalized spacial score (nSPS) is 10.2. The first-order valence-corrected chi connectivity index (χ1v) is 7.36. The van der Waals surface area contributed by atoms with E-state index < -0.39 is 35.0 Å². The third-order valence-corrected chi connectivity index (χ3v) is 3.16. The third-order valence-electron chi connectivity index (χ3n) is 3.16. The minimum absolute atomic E-state index is 0.239. The maximum absolute atomic E-state index is 13.5. The summed E-state index contributed by atoms with van der Waals surface area (Å²) in [6.07, 6.45) is 0. The molecule has 2 rings (SSSR count). The van der Waals surface area contributed by atoms with Gasteiger partial charge in [-0.1, -0.05) is 0 Å². The molecule has 0 fully saturated rings. The zero-order valence-electron chi connectivity index (χ0n) is 13.2. The van der Waals surface area contributed by atoms with Gasteiger partial charge < -0.3 is 15.4 Å². The van der Waals surface area contributed by atoms with Crippen LogP contribution in [-0.4, -0.2) is 25.0 Å². The Morgan fingerprint density at radius 3 is 2.32 bits per heavy atom. The Labute approximate surface area is 141 Å². The quantitative estimate of drug-likeness (QED) is 0.618. The second-order valence-corrected chi connectivity index (χ2v) is 4.92. The van der Waals surface area contributed by atoms with Gasteiger partial charge in [-0.05, 0) is 43.3 Å². The SMILES string of the molecule is CCOC(=O)c1ccc(NCC(=O)Nc2ccc(F)c(F)c2F)cc1. The van der Waals surface area contributed by atoms with Crippen LogP contribution in [0.1, 0.15) is 17.3 Å². The van der Waals surface area contributed by atoms with E-state index in [4.69, 9.17) is 4.74 Å². The van der Waals surface area contributed by atoms with Crippen LogP contribution in [0.2, 0.25) is 0 Å². The molecule has 0 unspecified atom stereocenters. The molecule has 0 aliphatic carbocycles. The van der Waals surface area contributed by atoms with E-state index in [9.17, 15) is 22.8 Å². The van der Waals surface area contributed by atoms with Crippen molar-refractivity contribution in [2.45, 2.75) is 6.92 Å². The molecule has 2 N–H and O–H groups in total. The number of rotatable bonds is 6. The first-order chi connectivity index (χ1) is 11.9. The fraction of sp³-hybridized carbons (Fsp3) is 0.176. The summed E-state index contributed by atoms with van der Waals surface area (Å²) >= 11 is 0.